The first-order valence-corrected chi connectivity index (χ1v) is 11.5. The zero-order valence-corrected chi connectivity index (χ0v) is 18.4. The number of carbonyl (C=O) groups is 3. The largest absolute Gasteiger partial charge is 0.508 e. The fourth-order valence-electron chi connectivity index (χ4n) is 5.04. The van der Waals surface area contributed by atoms with E-state index in [9.17, 15) is 19.5 Å². The molecule has 0 radical (unpaired) electrons. The van der Waals surface area contributed by atoms with Gasteiger partial charge in [0.25, 0.3) is 11.8 Å². The molecule has 0 saturated carbocycles. The minimum atomic E-state index is -0.286. The molecule has 5 rings (SSSR count). The molecule has 168 valence electrons. The molecule has 0 bridgehead atoms. The maximum atomic E-state index is 13.0. The summed E-state index contributed by atoms with van der Waals surface area (Å²) in [5.74, 6) is 0.148. The van der Waals surface area contributed by atoms with Gasteiger partial charge in [0.15, 0.2) is 0 Å². The van der Waals surface area contributed by atoms with Gasteiger partial charge in [-0.25, -0.2) is 0 Å². The lowest BCUT2D eigenvalue weighted by Gasteiger charge is -2.32. The summed E-state index contributed by atoms with van der Waals surface area (Å²) in [5.41, 5.74) is 2.29. The van der Waals surface area contributed by atoms with Crippen LogP contribution in [-0.4, -0.2) is 52.3 Å². The zero-order valence-electron chi connectivity index (χ0n) is 18.4. The number of amides is 3. The molecule has 0 aliphatic carbocycles. The van der Waals surface area contributed by atoms with Gasteiger partial charge < -0.3 is 10.0 Å². The lowest BCUT2D eigenvalue weighted by atomic mass is 9.89. The van der Waals surface area contributed by atoms with E-state index in [4.69, 9.17) is 0 Å². The van der Waals surface area contributed by atoms with Crippen LogP contribution < -0.4 is 0 Å². The number of piperidine rings is 1. The van der Waals surface area contributed by atoms with Crippen LogP contribution in [0, 0.1) is 0 Å². The van der Waals surface area contributed by atoms with Gasteiger partial charge in [0.2, 0.25) is 5.91 Å². The van der Waals surface area contributed by atoms with Crippen molar-refractivity contribution in [2.45, 2.75) is 31.6 Å². The third kappa shape index (κ3) is 3.97. The third-order valence-corrected chi connectivity index (χ3v) is 6.84. The van der Waals surface area contributed by atoms with Crippen molar-refractivity contribution in [1.82, 2.24) is 9.80 Å². The molecule has 0 aromatic heterocycles. The maximum Gasteiger partial charge on any atom is 0.261 e. The number of benzene rings is 3. The first kappa shape index (κ1) is 21.2. The lowest BCUT2D eigenvalue weighted by Crippen LogP contribution is -2.42. The van der Waals surface area contributed by atoms with Crippen LogP contribution in [0.25, 0.3) is 10.8 Å². The number of aromatic hydroxyl groups is 1. The quantitative estimate of drug-likeness (QED) is 0.597. The molecule has 6 heteroatoms. The van der Waals surface area contributed by atoms with Crippen LogP contribution in [0.1, 0.15) is 57.9 Å². The number of hydrogen-bond acceptors (Lipinski definition) is 4. The fraction of sp³-hybridized carbons (Fsp3) is 0.296. The Bertz CT molecular complexity index is 1180. The molecule has 0 atom stereocenters. The van der Waals surface area contributed by atoms with Gasteiger partial charge >= 0.3 is 0 Å². The Morgan fingerprint density at radius 3 is 2.09 bits per heavy atom. The summed E-state index contributed by atoms with van der Waals surface area (Å²) >= 11 is 0. The molecule has 2 heterocycles. The van der Waals surface area contributed by atoms with E-state index < -0.39 is 0 Å². The zero-order chi connectivity index (χ0) is 22.9. The first-order valence-electron chi connectivity index (χ1n) is 11.5. The minimum Gasteiger partial charge on any atom is -0.508 e. The molecule has 6 nitrogen and oxygen atoms in total. The van der Waals surface area contributed by atoms with Gasteiger partial charge in [-0.05, 0) is 60.4 Å². The second-order valence-electron chi connectivity index (χ2n) is 8.82. The van der Waals surface area contributed by atoms with E-state index in [1.165, 1.54) is 10.5 Å². The van der Waals surface area contributed by atoms with Gasteiger partial charge in [-0.1, -0.05) is 36.4 Å². The smallest absolute Gasteiger partial charge is 0.261 e. The van der Waals surface area contributed by atoms with Gasteiger partial charge in [0.1, 0.15) is 5.75 Å². The van der Waals surface area contributed by atoms with Crippen molar-refractivity contribution in [1.29, 1.82) is 0 Å². The summed E-state index contributed by atoms with van der Waals surface area (Å²) in [6.45, 7) is 1.63. The van der Waals surface area contributed by atoms with Crippen molar-refractivity contribution in [3.8, 4) is 5.75 Å². The minimum absolute atomic E-state index is 0.0681. The molecule has 0 spiro atoms. The van der Waals surface area contributed by atoms with E-state index in [1.807, 2.05) is 41.3 Å². The Kier molecular flexibility index (Phi) is 5.58. The van der Waals surface area contributed by atoms with E-state index in [-0.39, 0.29) is 30.0 Å². The van der Waals surface area contributed by atoms with Crippen LogP contribution >= 0.6 is 0 Å². The summed E-state index contributed by atoms with van der Waals surface area (Å²) < 4.78 is 0. The Balaban J connectivity index is 1.17. The molecule has 3 aromatic rings. The SMILES string of the molecule is O=C(CCCN1C(=O)c2cccc3cccc(c23)C1=O)N1CCC(c2ccc(O)cc2)CC1. The molecule has 3 amide bonds. The van der Waals surface area contributed by atoms with Crippen molar-refractivity contribution >= 4 is 28.5 Å². The average Bonchev–Trinajstić information content (AvgIpc) is 2.85. The van der Waals surface area contributed by atoms with Crippen LogP contribution in [0.2, 0.25) is 0 Å². The molecule has 33 heavy (non-hydrogen) atoms. The Morgan fingerprint density at radius 1 is 0.879 bits per heavy atom. The monoisotopic (exact) mass is 442 g/mol. The summed E-state index contributed by atoms with van der Waals surface area (Å²) in [4.78, 5) is 41.9. The second kappa shape index (κ2) is 8.70. The van der Waals surface area contributed by atoms with Crippen molar-refractivity contribution < 1.29 is 19.5 Å². The lowest BCUT2D eigenvalue weighted by molar-refractivity contribution is -0.132. The Hall–Kier alpha value is -3.67. The Morgan fingerprint density at radius 2 is 1.48 bits per heavy atom. The summed E-state index contributed by atoms with van der Waals surface area (Å²) in [5, 5.41) is 11.1. The van der Waals surface area contributed by atoms with Crippen molar-refractivity contribution in [2.24, 2.45) is 0 Å². The van der Waals surface area contributed by atoms with Crippen LogP contribution in [0.3, 0.4) is 0 Å². The number of carbonyl (C=O) groups excluding carboxylic acids is 3. The van der Waals surface area contributed by atoms with Gasteiger partial charge in [-0.3, -0.25) is 19.3 Å². The van der Waals surface area contributed by atoms with Gasteiger partial charge in [0, 0.05) is 42.6 Å². The molecular weight excluding hydrogens is 416 g/mol. The number of phenols is 1. The molecule has 1 fully saturated rings. The summed E-state index contributed by atoms with van der Waals surface area (Å²) in [6.07, 6.45) is 2.54. The van der Waals surface area contributed by atoms with Gasteiger partial charge in [-0.15, -0.1) is 0 Å². The number of rotatable bonds is 5. The third-order valence-electron chi connectivity index (χ3n) is 6.84. The Labute approximate surface area is 192 Å². The molecule has 1 N–H and O–H groups in total. The normalized spacial score (nSPS) is 16.5. The van der Waals surface area contributed by atoms with E-state index in [2.05, 4.69) is 0 Å². The van der Waals surface area contributed by atoms with Crippen LogP contribution in [0.4, 0.5) is 0 Å². The van der Waals surface area contributed by atoms with E-state index in [1.54, 1.807) is 24.3 Å². The van der Waals surface area contributed by atoms with Crippen molar-refractivity contribution in [3.63, 3.8) is 0 Å². The highest BCUT2D eigenvalue weighted by molar-refractivity contribution is 6.25. The number of phenolic OH excluding ortho intramolecular Hbond substituents is 1. The summed E-state index contributed by atoms with van der Waals surface area (Å²) in [6, 6.07) is 18.3. The van der Waals surface area contributed by atoms with Crippen LogP contribution in [0.15, 0.2) is 60.7 Å². The number of hydrogen-bond donors (Lipinski definition) is 1. The molecule has 2 aliphatic rings. The molecule has 1 saturated heterocycles. The van der Waals surface area contributed by atoms with Crippen LogP contribution in [-0.2, 0) is 4.79 Å². The fourth-order valence-corrected chi connectivity index (χ4v) is 5.04. The van der Waals surface area contributed by atoms with E-state index in [0.29, 0.717) is 43.0 Å². The molecule has 2 aliphatic heterocycles. The average molecular weight is 443 g/mol. The second-order valence-corrected chi connectivity index (χ2v) is 8.82. The molecular formula is C27H26N2O4. The molecule has 0 unspecified atom stereocenters. The first-order chi connectivity index (χ1) is 16.0. The number of imide groups is 1. The van der Waals surface area contributed by atoms with E-state index >= 15 is 0 Å². The van der Waals surface area contributed by atoms with E-state index in [0.717, 1.165) is 23.6 Å². The standard InChI is InChI=1S/C27H26N2O4/c30-21-11-9-18(10-12-21)19-13-16-28(17-14-19)24(31)8-3-15-29-26(32)22-6-1-4-20-5-2-7-23(25(20)22)27(29)33/h1-2,4-7,9-12,19,30H,3,8,13-17H2. The molecule has 3 aromatic carbocycles. The maximum absolute atomic E-state index is 13.0. The highest BCUT2D eigenvalue weighted by Crippen LogP contribution is 2.31. The van der Waals surface area contributed by atoms with Crippen LogP contribution in [0.5, 0.6) is 5.75 Å². The topological polar surface area (TPSA) is 77.9 Å². The highest BCUT2D eigenvalue weighted by Gasteiger charge is 2.32. The summed E-state index contributed by atoms with van der Waals surface area (Å²) in [7, 11) is 0. The highest BCUT2D eigenvalue weighted by atomic mass is 16.3. The predicted molar refractivity (Wildman–Crippen MR) is 125 cm³/mol. The van der Waals surface area contributed by atoms with Crippen molar-refractivity contribution in [3.05, 3.63) is 77.4 Å². The number of nitrogens with zero attached hydrogens (tertiary/aromatic N) is 2. The predicted octanol–water partition coefficient (Wildman–Crippen LogP) is 4.33. The van der Waals surface area contributed by atoms with Gasteiger partial charge in [-0.2, -0.15) is 0 Å². The number of likely N-dealkylation sites (tertiary alicyclic amines) is 1. The van der Waals surface area contributed by atoms with Crippen molar-refractivity contribution in [2.75, 3.05) is 19.6 Å². The van der Waals surface area contributed by atoms with Gasteiger partial charge in [0.05, 0.1) is 0 Å².